The van der Waals surface area contributed by atoms with Crippen molar-refractivity contribution in [1.82, 2.24) is 0 Å². The number of nitro benzene ring substituents is 1. The molecular weight excluding hydrogens is 306 g/mol. The number of halogens is 2. The highest BCUT2D eigenvalue weighted by Crippen LogP contribution is 2.27. The predicted octanol–water partition coefficient (Wildman–Crippen LogP) is 2.31. The zero-order valence-corrected chi connectivity index (χ0v) is 9.37. The zero-order valence-electron chi connectivity index (χ0n) is 6.46. The molecule has 0 heterocycles. The number of nitro groups is 1. The van der Waals surface area contributed by atoms with Crippen molar-refractivity contribution >= 4 is 39.9 Å². The lowest BCUT2D eigenvalue weighted by molar-refractivity contribution is -0.385. The monoisotopic (exact) mass is 312 g/mol. The third-order valence-corrected chi connectivity index (χ3v) is 3.06. The van der Waals surface area contributed by atoms with E-state index in [9.17, 15) is 10.1 Å². The molecule has 13 heavy (non-hydrogen) atoms. The molecule has 0 atom stereocenters. The van der Waals surface area contributed by atoms with Crippen molar-refractivity contribution in [1.29, 1.82) is 0 Å². The first-order valence-electron chi connectivity index (χ1n) is 3.38. The average Bonchev–Trinajstić information content (AvgIpc) is 2.08. The lowest BCUT2D eigenvalue weighted by Gasteiger charge is -2.01. The van der Waals surface area contributed by atoms with Crippen LogP contribution in [0.5, 0.6) is 0 Å². The summed E-state index contributed by atoms with van der Waals surface area (Å²) in [6.45, 7) is 0.142. The number of hydrogen-bond acceptors (Lipinski definition) is 3. The summed E-state index contributed by atoms with van der Waals surface area (Å²) in [5.41, 5.74) is 5.83. The van der Waals surface area contributed by atoms with Gasteiger partial charge >= 0.3 is 0 Å². The first-order chi connectivity index (χ1) is 6.06. The standard InChI is InChI=1S/C7H6ClIN2O2/c8-5-2-7(11(12)13)4(3-10)1-6(5)9/h1-2H,3,10H2. The van der Waals surface area contributed by atoms with E-state index in [0.717, 1.165) is 3.57 Å². The lowest BCUT2D eigenvalue weighted by Crippen LogP contribution is -2.02. The molecule has 0 bridgehead atoms. The largest absolute Gasteiger partial charge is 0.326 e. The normalized spacial score (nSPS) is 10.1. The molecule has 0 unspecified atom stereocenters. The van der Waals surface area contributed by atoms with Gasteiger partial charge in [0.25, 0.3) is 5.69 Å². The van der Waals surface area contributed by atoms with Gasteiger partial charge in [-0.05, 0) is 28.7 Å². The second kappa shape index (κ2) is 4.21. The van der Waals surface area contributed by atoms with Crippen LogP contribution in [0, 0.1) is 13.7 Å². The molecule has 0 aliphatic rings. The fraction of sp³-hybridized carbons (Fsp3) is 0.143. The van der Waals surface area contributed by atoms with Crippen LogP contribution in [0.2, 0.25) is 5.02 Å². The first-order valence-corrected chi connectivity index (χ1v) is 4.84. The van der Waals surface area contributed by atoms with Crippen molar-refractivity contribution in [3.05, 3.63) is 36.4 Å². The molecule has 0 aliphatic carbocycles. The van der Waals surface area contributed by atoms with Crippen LogP contribution < -0.4 is 5.73 Å². The topological polar surface area (TPSA) is 69.2 Å². The summed E-state index contributed by atoms with van der Waals surface area (Å²) in [6, 6.07) is 2.95. The number of rotatable bonds is 2. The number of nitrogens with zero attached hydrogens (tertiary/aromatic N) is 1. The van der Waals surface area contributed by atoms with E-state index in [1.165, 1.54) is 6.07 Å². The molecule has 6 heteroatoms. The van der Waals surface area contributed by atoms with E-state index in [1.54, 1.807) is 6.07 Å². The van der Waals surface area contributed by atoms with Crippen LogP contribution in [-0.4, -0.2) is 4.92 Å². The molecule has 1 rings (SSSR count). The van der Waals surface area contributed by atoms with Gasteiger partial charge in [-0.2, -0.15) is 0 Å². The smallest absolute Gasteiger partial charge is 0.275 e. The van der Waals surface area contributed by atoms with Crippen LogP contribution in [0.3, 0.4) is 0 Å². The zero-order chi connectivity index (χ0) is 10.0. The summed E-state index contributed by atoms with van der Waals surface area (Å²) in [6.07, 6.45) is 0. The highest BCUT2D eigenvalue weighted by molar-refractivity contribution is 14.1. The molecule has 0 radical (unpaired) electrons. The number of nitrogens with two attached hydrogens (primary N) is 1. The highest BCUT2D eigenvalue weighted by Gasteiger charge is 2.14. The quantitative estimate of drug-likeness (QED) is 0.517. The van der Waals surface area contributed by atoms with E-state index >= 15 is 0 Å². The van der Waals surface area contributed by atoms with E-state index in [4.69, 9.17) is 17.3 Å². The van der Waals surface area contributed by atoms with E-state index in [0.29, 0.717) is 10.6 Å². The Morgan fingerprint density at radius 2 is 2.23 bits per heavy atom. The summed E-state index contributed by atoms with van der Waals surface area (Å²) in [7, 11) is 0. The summed E-state index contributed by atoms with van der Waals surface area (Å²) >= 11 is 7.74. The van der Waals surface area contributed by atoms with Gasteiger partial charge in [-0.1, -0.05) is 11.6 Å². The van der Waals surface area contributed by atoms with Crippen molar-refractivity contribution in [2.24, 2.45) is 5.73 Å². The lowest BCUT2D eigenvalue weighted by atomic mass is 10.2. The molecule has 0 saturated heterocycles. The molecule has 0 aliphatic heterocycles. The van der Waals surface area contributed by atoms with Crippen LogP contribution >= 0.6 is 34.2 Å². The molecule has 0 amide bonds. The Kier molecular flexibility index (Phi) is 3.46. The minimum atomic E-state index is -0.482. The average molecular weight is 312 g/mol. The minimum Gasteiger partial charge on any atom is -0.326 e. The van der Waals surface area contributed by atoms with Gasteiger partial charge in [0.2, 0.25) is 0 Å². The Hall–Kier alpha value is -0.400. The Morgan fingerprint density at radius 1 is 1.62 bits per heavy atom. The number of hydrogen-bond donors (Lipinski definition) is 1. The van der Waals surface area contributed by atoms with E-state index in [-0.39, 0.29) is 12.2 Å². The fourth-order valence-corrected chi connectivity index (χ4v) is 1.60. The second-order valence-electron chi connectivity index (χ2n) is 2.36. The SMILES string of the molecule is NCc1cc(I)c(Cl)cc1[N+](=O)[O-]. The molecule has 1 aromatic rings. The van der Waals surface area contributed by atoms with Gasteiger partial charge < -0.3 is 5.73 Å². The third kappa shape index (κ3) is 2.29. The first kappa shape index (κ1) is 10.7. The third-order valence-electron chi connectivity index (χ3n) is 1.54. The minimum absolute atomic E-state index is 0.0204. The van der Waals surface area contributed by atoms with Crippen molar-refractivity contribution in [2.75, 3.05) is 0 Å². The molecule has 1 aromatic carbocycles. The van der Waals surface area contributed by atoms with E-state index in [2.05, 4.69) is 0 Å². The van der Waals surface area contributed by atoms with Crippen molar-refractivity contribution < 1.29 is 4.92 Å². The Bertz CT molecular complexity index is 357. The Labute approximate surface area is 93.4 Å². The van der Waals surface area contributed by atoms with Crippen molar-refractivity contribution in [3.8, 4) is 0 Å². The van der Waals surface area contributed by atoms with Gasteiger partial charge in [-0.3, -0.25) is 10.1 Å². The molecule has 4 nitrogen and oxygen atoms in total. The maximum Gasteiger partial charge on any atom is 0.275 e. The highest BCUT2D eigenvalue weighted by atomic mass is 127. The van der Waals surface area contributed by atoms with Gasteiger partial charge in [0.05, 0.1) is 9.95 Å². The maximum absolute atomic E-state index is 10.5. The fourth-order valence-electron chi connectivity index (χ4n) is 0.911. The van der Waals surface area contributed by atoms with Gasteiger partial charge in [0.15, 0.2) is 0 Å². The summed E-state index contributed by atoms with van der Waals surface area (Å²) in [5.74, 6) is 0. The molecular formula is C7H6ClIN2O2. The molecule has 0 spiro atoms. The van der Waals surface area contributed by atoms with Crippen molar-refractivity contribution in [3.63, 3.8) is 0 Å². The number of benzene rings is 1. The van der Waals surface area contributed by atoms with Gasteiger partial charge in [-0.15, -0.1) is 0 Å². The summed E-state index contributed by atoms with van der Waals surface area (Å²) in [5, 5.41) is 10.9. The van der Waals surface area contributed by atoms with Crippen LogP contribution in [0.25, 0.3) is 0 Å². The van der Waals surface area contributed by atoms with Gasteiger partial charge in [-0.25, -0.2) is 0 Å². The van der Waals surface area contributed by atoms with E-state index < -0.39 is 4.92 Å². The molecule has 70 valence electrons. The van der Waals surface area contributed by atoms with Crippen LogP contribution in [0.1, 0.15) is 5.56 Å². The molecule has 0 aromatic heterocycles. The maximum atomic E-state index is 10.5. The predicted molar refractivity (Wildman–Crippen MR) is 58.7 cm³/mol. The summed E-state index contributed by atoms with van der Waals surface area (Å²) in [4.78, 5) is 10.1. The second-order valence-corrected chi connectivity index (χ2v) is 3.93. The summed E-state index contributed by atoms with van der Waals surface area (Å²) < 4.78 is 0.769. The van der Waals surface area contributed by atoms with Crippen LogP contribution in [-0.2, 0) is 6.54 Å². The molecule has 2 N–H and O–H groups in total. The van der Waals surface area contributed by atoms with Crippen molar-refractivity contribution in [2.45, 2.75) is 6.54 Å². The van der Waals surface area contributed by atoms with E-state index in [1.807, 2.05) is 22.6 Å². The van der Waals surface area contributed by atoms with Gasteiger partial charge in [0, 0.05) is 21.7 Å². The van der Waals surface area contributed by atoms with Crippen LogP contribution in [0.4, 0.5) is 5.69 Å². The molecule has 0 fully saturated rings. The Balaban J connectivity index is 3.33. The van der Waals surface area contributed by atoms with Gasteiger partial charge in [0.1, 0.15) is 0 Å². The van der Waals surface area contributed by atoms with Crippen LogP contribution in [0.15, 0.2) is 12.1 Å². The Morgan fingerprint density at radius 3 is 2.69 bits per heavy atom. The molecule has 0 saturated carbocycles.